The standard InChI is InChI=1S/C23H25N3O3/c24-23(28)18-6-7-20(26-11-2-1-3-12-26)19(15-18)25-22(27)9-5-16-4-8-21-17(14-16)10-13-29-21/h4-9,14-15H,1-3,10-13H2,(H2,24,28)(H,25,27)/b9-5+. The van der Waals surface area contributed by atoms with Crippen LogP contribution in [0.5, 0.6) is 5.75 Å². The number of nitrogens with two attached hydrogens (primary N) is 1. The van der Waals surface area contributed by atoms with Crippen molar-refractivity contribution in [2.75, 3.05) is 29.9 Å². The summed E-state index contributed by atoms with van der Waals surface area (Å²) in [4.78, 5) is 26.4. The molecule has 4 rings (SSSR count). The van der Waals surface area contributed by atoms with Gasteiger partial charge in [0, 0.05) is 31.1 Å². The topological polar surface area (TPSA) is 84.7 Å². The number of rotatable bonds is 5. The molecule has 6 nitrogen and oxygen atoms in total. The van der Waals surface area contributed by atoms with E-state index in [-0.39, 0.29) is 5.91 Å². The second-order valence-electron chi connectivity index (χ2n) is 7.43. The molecule has 0 bridgehead atoms. The van der Waals surface area contributed by atoms with Gasteiger partial charge in [-0.15, -0.1) is 0 Å². The smallest absolute Gasteiger partial charge is 0.248 e. The van der Waals surface area contributed by atoms with Gasteiger partial charge in [0.15, 0.2) is 0 Å². The summed E-state index contributed by atoms with van der Waals surface area (Å²) in [5.74, 6) is 0.157. The summed E-state index contributed by atoms with van der Waals surface area (Å²) >= 11 is 0. The summed E-state index contributed by atoms with van der Waals surface area (Å²) < 4.78 is 5.51. The van der Waals surface area contributed by atoms with Crippen LogP contribution in [0.2, 0.25) is 0 Å². The molecule has 6 heteroatoms. The summed E-state index contributed by atoms with van der Waals surface area (Å²) in [5.41, 5.74) is 9.46. The van der Waals surface area contributed by atoms with Crippen molar-refractivity contribution in [3.05, 3.63) is 59.2 Å². The van der Waals surface area contributed by atoms with E-state index in [0.29, 0.717) is 17.9 Å². The molecule has 1 fully saturated rings. The van der Waals surface area contributed by atoms with Crippen LogP contribution in [0.4, 0.5) is 11.4 Å². The average molecular weight is 391 g/mol. The Kier molecular flexibility index (Phi) is 5.51. The van der Waals surface area contributed by atoms with Crippen LogP contribution in [0.25, 0.3) is 6.08 Å². The molecule has 29 heavy (non-hydrogen) atoms. The number of amides is 2. The molecular formula is C23H25N3O3. The summed E-state index contributed by atoms with van der Waals surface area (Å²) in [6, 6.07) is 11.1. The normalized spacial score (nSPS) is 15.8. The van der Waals surface area contributed by atoms with Crippen LogP contribution in [-0.4, -0.2) is 31.5 Å². The Balaban J connectivity index is 1.52. The molecule has 0 unspecified atom stereocenters. The Labute approximate surface area is 170 Å². The molecule has 2 heterocycles. The molecule has 3 N–H and O–H groups in total. The van der Waals surface area contributed by atoms with E-state index in [1.54, 1.807) is 18.2 Å². The number of hydrogen-bond acceptors (Lipinski definition) is 4. The lowest BCUT2D eigenvalue weighted by Gasteiger charge is -2.30. The Morgan fingerprint density at radius 3 is 2.69 bits per heavy atom. The van der Waals surface area contributed by atoms with Crippen molar-refractivity contribution in [2.45, 2.75) is 25.7 Å². The van der Waals surface area contributed by atoms with E-state index in [1.165, 1.54) is 12.5 Å². The molecule has 2 aromatic carbocycles. The van der Waals surface area contributed by atoms with E-state index in [0.717, 1.165) is 54.9 Å². The van der Waals surface area contributed by atoms with Crippen LogP contribution < -0.4 is 20.7 Å². The van der Waals surface area contributed by atoms with Gasteiger partial charge in [-0.2, -0.15) is 0 Å². The lowest BCUT2D eigenvalue weighted by molar-refractivity contribution is -0.111. The quantitative estimate of drug-likeness (QED) is 0.766. The van der Waals surface area contributed by atoms with Gasteiger partial charge < -0.3 is 20.7 Å². The lowest BCUT2D eigenvalue weighted by Crippen LogP contribution is -2.30. The van der Waals surface area contributed by atoms with E-state index in [4.69, 9.17) is 10.5 Å². The van der Waals surface area contributed by atoms with Gasteiger partial charge in [-0.25, -0.2) is 0 Å². The third-order valence-corrected chi connectivity index (χ3v) is 5.38. The van der Waals surface area contributed by atoms with Crippen LogP contribution in [-0.2, 0) is 11.2 Å². The molecule has 150 valence electrons. The Morgan fingerprint density at radius 2 is 1.90 bits per heavy atom. The Hall–Kier alpha value is -3.28. The Morgan fingerprint density at radius 1 is 1.07 bits per heavy atom. The molecule has 1 saturated heterocycles. The number of ether oxygens (including phenoxy) is 1. The van der Waals surface area contributed by atoms with Crippen molar-refractivity contribution in [2.24, 2.45) is 5.73 Å². The molecule has 0 spiro atoms. The maximum atomic E-state index is 12.6. The summed E-state index contributed by atoms with van der Waals surface area (Å²) in [6.07, 6.45) is 7.63. The number of anilines is 2. The fraction of sp³-hybridized carbons (Fsp3) is 0.304. The minimum absolute atomic E-state index is 0.248. The van der Waals surface area contributed by atoms with Gasteiger partial charge >= 0.3 is 0 Å². The number of fused-ring (bicyclic) bond motifs is 1. The third kappa shape index (κ3) is 4.42. The molecule has 2 amide bonds. The van der Waals surface area contributed by atoms with Crippen molar-refractivity contribution in [1.82, 2.24) is 0 Å². The van der Waals surface area contributed by atoms with Crippen LogP contribution in [0.3, 0.4) is 0 Å². The highest BCUT2D eigenvalue weighted by molar-refractivity contribution is 6.05. The number of primary amides is 1. The zero-order chi connectivity index (χ0) is 20.2. The van der Waals surface area contributed by atoms with Crippen molar-refractivity contribution < 1.29 is 14.3 Å². The Bertz CT molecular complexity index is 962. The molecule has 0 saturated carbocycles. The van der Waals surface area contributed by atoms with Gasteiger partial charge in [0.1, 0.15) is 5.75 Å². The number of hydrogen-bond donors (Lipinski definition) is 2. The van der Waals surface area contributed by atoms with Gasteiger partial charge in [0.2, 0.25) is 11.8 Å². The zero-order valence-electron chi connectivity index (χ0n) is 16.3. The second-order valence-corrected chi connectivity index (χ2v) is 7.43. The minimum Gasteiger partial charge on any atom is -0.493 e. The van der Waals surface area contributed by atoms with Gasteiger partial charge in [-0.1, -0.05) is 6.07 Å². The molecule has 0 radical (unpaired) electrons. The fourth-order valence-corrected chi connectivity index (χ4v) is 3.86. The second kappa shape index (κ2) is 8.39. The molecular weight excluding hydrogens is 366 g/mol. The predicted molar refractivity (Wildman–Crippen MR) is 114 cm³/mol. The summed E-state index contributed by atoms with van der Waals surface area (Å²) in [5, 5.41) is 2.93. The van der Waals surface area contributed by atoms with Crippen molar-refractivity contribution in [3.63, 3.8) is 0 Å². The SMILES string of the molecule is NC(=O)c1ccc(N2CCCCC2)c(NC(=O)/C=C/c2ccc3c(c2)CCO3)c1. The highest BCUT2D eigenvalue weighted by atomic mass is 16.5. The lowest BCUT2D eigenvalue weighted by atomic mass is 10.1. The van der Waals surface area contributed by atoms with E-state index < -0.39 is 5.91 Å². The van der Waals surface area contributed by atoms with E-state index >= 15 is 0 Å². The summed E-state index contributed by atoms with van der Waals surface area (Å²) in [6.45, 7) is 2.58. The molecule has 2 aliphatic rings. The van der Waals surface area contributed by atoms with Crippen molar-refractivity contribution >= 4 is 29.3 Å². The van der Waals surface area contributed by atoms with Crippen molar-refractivity contribution in [1.29, 1.82) is 0 Å². The number of carbonyl (C=O) groups excluding carboxylic acids is 2. The van der Waals surface area contributed by atoms with E-state index in [9.17, 15) is 9.59 Å². The average Bonchev–Trinajstić information content (AvgIpc) is 3.20. The van der Waals surface area contributed by atoms with Crippen LogP contribution in [0.1, 0.15) is 40.7 Å². The third-order valence-electron chi connectivity index (χ3n) is 5.38. The van der Waals surface area contributed by atoms with Crippen molar-refractivity contribution in [3.8, 4) is 5.75 Å². The highest BCUT2D eigenvalue weighted by Crippen LogP contribution is 2.30. The number of nitrogens with one attached hydrogen (secondary N) is 1. The van der Waals surface area contributed by atoms with Gasteiger partial charge in [0.05, 0.1) is 18.0 Å². The first-order valence-corrected chi connectivity index (χ1v) is 10.0. The monoisotopic (exact) mass is 391 g/mol. The largest absolute Gasteiger partial charge is 0.493 e. The number of piperidine rings is 1. The van der Waals surface area contributed by atoms with Gasteiger partial charge in [0.25, 0.3) is 0 Å². The molecule has 2 aliphatic heterocycles. The number of nitrogens with zero attached hydrogens (tertiary/aromatic N) is 1. The van der Waals surface area contributed by atoms with E-state index in [2.05, 4.69) is 10.2 Å². The maximum Gasteiger partial charge on any atom is 0.248 e. The van der Waals surface area contributed by atoms with Crippen LogP contribution >= 0.6 is 0 Å². The number of carbonyl (C=O) groups is 2. The minimum atomic E-state index is -0.512. The van der Waals surface area contributed by atoms with E-state index in [1.807, 2.05) is 24.3 Å². The van der Waals surface area contributed by atoms with Gasteiger partial charge in [-0.3, -0.25) is 9.59 Å². The highest BCUT2D eigenvalue weighted by Gasteiger charge is 2.17. The number of benzene rings is 2. The maximum absolute atomic E-state index is 12.6. The van der Waals surface area contributed by atoms with Crippen LogP contribution in [0, 0.1) is 0 Å². The first kappa shape index (κ1) is 19.1. The molecule has 0 aliphatic carbocycles. The predicted octanol–water partition coefficient (Wildman–Crippen LogP) is 3.36. The molecule has 0 atom stereocenters. The fourth-order valence-electron chi connectivity index (χ4n) is 3.86. The molecule has 0 aromatic heterocycles. The van der Waals surface area contributed by atoms with Crippen LogP contribution in [0.15, 0.2) is 42.5 Å². The molecule has 2 aromatic rings. The zero-order valence-corrected chi connectivity index (χ0v) is 16.3. The first-order valence-electron chi connectivity index (χ1n) is 10.0. The van der Waals surface area contributed by atoms with Gasteiger partial charge in [-0.05, 0) is 66.8 Å². The summed E-state index contributed by atoms with van der Waals surface area (Å²) in [7, 11) is 0. The first-order chi connectivity index (χ1) is 14.1.